The molecule has 0 spiro atoms. The van der Waals surface area contributed by atoms with E-state index in [0.29, 0.717) is 0 Å². The molecule has 0 aliphatic heterocycles. The fourth-order valence-electron chi connectivity index (χ4n) is 1.38. The minimum atomic E-state index is -0.683. The number of hydrogen-bond acceptors (Lipinski definition) is 3. The Morgan fingerprint density at radius 2 is 2.06 bits per heavy atom. The van der Waals surface area contributed by atoms with Gasteiger partial charge in [0.1, 0.15) is 18.2 Å². The molecule has 18 heavy (non-hydrogen) atoms. The van der Waals surface area contributed by atoms with Gasteiger partial charge in [-0.15, -0.1) is 0 Å². The lowest BCUT2D eigenvalue weighted by Gasteiger charge is -2.10. The first-order valence-corrected chi connectivity index (χ1v) is 5.84. The van der Waals surface area contributed by atoms with Crippen LogP contribution in [0.4, 0.5) is 14.6 Å². The Morgan fingerprint density at radius 3 is 2.78 bits per heavy atom. The maximum Gasteiger partial charge on any atom is 0.166 e. The topological polar surface area (TPSA) is 48.1 Å². The van der Waals surface area contributed by atoms with Gasteiger partial charge in [0.2, 0.25) is 0 Å². The lowest BCUT2D eigenvalue weighted by molar-refractivity contribution is 0.293. The van der Waals surface area contributed by atoms with Gasteiger partial charge in [0, 0.05) is 6.20 Å². The average molecular weight is 315 g/mol. The molecule has 2 rings (SSSR count). The number of ether oxygens (including phenoxy) is 1. The van der Waals surface area contributed by atoms with Crippen LogP contribution in [-0.2, 0) is 6.61 Å². The Balaban J connectivity index is 2.21. The minimum absolute atomic E-state index is 0.160. The standard InChI is InChI=1S/C12H9BrF2N2O/c13-8-3-4-9(14)7(11(8)15)6-18-10-2-1-5-17-12(10)16/h1-5H,6H2,(H2,16,17). The summed E-state index contributed by atoms with van der Waals surface area (Å²) >= 11 is 2.99. The number of rotatable bonds is 3. The van der Waals surface area contributed by atoms with Crippen LogP contribution in [-0.4, -0.2) is 4.98 Å². The zero-order valence-corrected chi connectivity index (χ0v) is 10.7. The summed E-state index contributed by atoms with van der Waals surface area (Å²) in [6.07, 6.45) is 1.50. The number of benzene rings is 1. The van der Waals surface area contributed by atoms with Crippen molar-refractivity contribution in [3.63, 3.8) is 0 Å². The van der Waals surface area contributed by atoms with E-state index < -0.39 is 11.6 Å². The SMILES string of the molecule is Nc1ncccc1OCc1c(F)ccc(Br)c1F. The molecule has 0 radical (unpaired) electrons. The molecule has 6 heteroatoms. The van der Waals surface area contributed by atoms with E-state index >= 15 is 0 Å². The zero-order valence-electron chi connectivity index (χ0n) is 9.16. The van der Waals surface area contributed by atoms with Gasteiger partial charge in [0.25, 0.3) is 0 Å². The predicted octanol–water partition coefficient (Wildman–Crippen LogP) is 3.28. The Hall–Kier alpha value is -1.69. The maximum atomic E-state index is 13.7. The van der Waals surface area contributed by atoms with E-state index in [4.69, 9.17) is 10.5 Å². The van der Waals surface area contributed by atoms with Crippen molar-refractivity contribution in [2.45, 2.75) is 6.61 Å². The van der Waals surface area contributed by atoms with Crippen molar-refractivity contribution >= 4 is 21.7 Å². The average Bonchev–Trinajstić information content (AvgIpc) is 2.36. The highest BCUT2D eigenvalue weighted by atomic mass is 79.9. The first-order valence-electron chi connectivity index (χ1n) is 5.05. The molecule has 0 unspecified atom stereocenters. The summed E-state index contributed by atoms with van der Waals surface area (Å²) in [4.78, 5) is 3.81. The van der Waals surface area contributed by atoms with Crippen molar-refractivity contribution in [2.75, 3.05) is 5.73 Å². The van der Waals surface area contributed by atoms with Gasteiger partial charge < -0.3 is 10.5 Å². The number of pyridine rings is 1. The summed E-state index contributed by atoms with van der Waals surface area (Å²) < 4.78 is 32.5. The first kappa shape index (κ1) is 12.8. The normalized spacial score (nSPS) is 10.4. The highest BCUT2D eigenvalue weighted by Gasteiger charge is 2.13. The molecule has 1 heterocycles. The van der Waals surface area contributed by atoms with Crippen LogP contribution in [0.5, 0.6) is 5.75 Å². The van der Waals surface area contributed by atoms with Gasteiger partial charge in [-0.25, -0.2) is 13.8 Å². The van der Waals surface area contributed by atoms with E-state index in [2.05, 4.69) is 20.9 Å². The largest absolute Gasteiger partial charge is 0.485 e. The summed E-state index contributed by atoms with van der Waals surface area (Å²) in [5.74, 6) is -0.889. The molecule has 0 amide bonds. The first-order chi connectivity index (χ1) is 8.59. The molecule has 0 atom stereocenters. The van der Waals surface area contributed by atoms with Crippen LogP contribution < -0.4 is 10.5 Å². The highest BCUT2D eigenvalue weighted by Crippen LogP contribution is 2.24. The maximum absolute atomic E-state index is 13.7. The third-order valence-electron chi connectivity index (χ3n) is 2.31. The molecule has 1 aromatic heterocycles. The Kier molecular flexibility index (Phi) is 3.76. The molecule has 0 fully saturated rings. The number of nitrogen functional groups attached to an aromatic ring is 1. The van der Waals surface area contributed by atoms with E-state index in [1.54, 1.807) is 12.1 Å². The quantitative estimate of drug-likeness (QED) is 0.884. The van der Waals surface area contributed by atoms with Crippen LogP contribution in [0.15, 0.2) is 34.9 Å². The number of nitrogens with two attached hydrogens (primary N) is 1. The predicted molar refractivity (Wildman–Crippen MR) is 67.0 cm³/mol. The third kappa shape index (κ3) is 2.59. The molecule has 3 nitrogen and oxygen atoms in total. The summed E-state index contributed by atoms with van der Waals surface area (Å²) in [5.41, 5.74) is 5.40. The molecule has 0 saturated carbocycles. The summed E-state index contributed by atoms with van der Waals surface area (Å²) in [5, 5.41) is 0. The number of halogens is 3. The highest BCUT2D eigenvalue weighted by molar-refractivity contribution is 9.10. The van der Waals surface area contributed by atoms with Crippen molar-refractivity contribution in [3.8, 4) is 5.75 Å². The number of aromatic nitrogens is 1. The second-order valence-electron chi connectivity index (χ2n) is 3.50. The Bertz CT molecular complexity index is 578. The van der Waals surface area contributed by atoms with E-state index in [-0.39, 0.29) is 28.2 Å². The van der Waals surface area contributed by atoms with Crippen LogP contribution in [0, 0.1) is 11.6 Å². The van der Waals surface area contributed by atoms with Crippen molar-refractivity contribution < 1.29 is 13.5 Å². The fourth-order valence-corrected chi connectivity index (χ4v) is 1.75. The third-order valence-corrected chi connectivity index (χ3v) is 2.92. The molecule has 0 bridgehead atoms. The lowest BCUT2D eigenvalue weighted by Crippen LogP contribution is -2.04. The molecule has 2 N–H and O–H groups in total. The fraction of sp³-hybridized carbons (Fsp3) is 0.0833. The molecule has 0 aliphatic carbocycles. The molecule has 2 aromatic rings. The number of nitrogens with zero attached hydrogens (tertiary/aromatic N) is 1. The van der Waals surface area contributed by atoms with Crippen molar-refractivity contribution in [1.29, 1.82) is 0 Å². The minimum Gasteiger partial charge on any atom is -0.485 e. The van der Waals surface area contributed by atoms with Gasteiger partial charge in [0.05, 0.1) is 10.0 Å². The monoisotopic (exact) mass is 314 g/mol. The van der Waals surface area contributed by atoms with Crippen LogP contribution in [0.25, 0.3) is 0 Å². The van der Waals surface area contributed by atoms with E-state index in [1.165, 1.54) is 18.3 Å². The Morgan fingerprint density at radius 1 is 1.28 bits per heavy atom. The lowest BCUT2D eigenvalue weighted by atomic mass is 10.2. The van der Waals surface area contributed by atoms with Gasteiger partial charge in [0.15, 0.2) is 11.6 Å². The smallest absolute Gasteiger partial charge is 0.166 e. The Labute approximate surface area is 111 Å². The number of hydrogen-bond donors (Lipinski definition) is 1. The summed E-state index contributed by atoms with van der Waals surface area (Å²) in [6, 6.07) is 5.67. The van der Waals surface area contributed by atoms with E-state index in [9.17, 15) is 8.78 Å². The van der Waals surface area contributed by atoms with Crippen molar-refractivity contribution in [2.24, 2.45) is 0 Å². The second kappa shape index (κ2) is 5.30. The van der Waals surface area contributed by atoms with Gasteiger partial charge >= 0.3 is 0 Å². The van der Waals surface area contributed by atoms with Crippen molar-refractivity contribution in [3.05, 3.63) is 52.1 Å². The van der Waals surface area contributed by atoms with Gasteiger partial charge in [-0.3, -0.25) is 0 Å². The zero-order chi connectivity index (χ0) is 13.1. The van der Waals surface area contributed by atoms with Gasteiger partial charge in [-0.05, 0) is 40.2 Å². The van der Waals surface area contributed by atoms with Crippen LogP contribution in [0.1, 0.15) is 5.56 Å². The molecule has 94 valence electrons. The molecule has 1 aromatic carbocycles. The molecular formula is C12H9BrF2N2O. The summed E-state index contributed by atoms with van der Waals surface area (Å²) in [6.45, 7) is -0.257. The van der Waals surface area contributed by atoms with E-state index in [0.717, 1.165) is 0 Å². The van der Waals surface area contributed by atoms with Gasteiger partial charge in [-0.1, -0.05) is 0 Å². The van der Waals surface area contributed by atoms with Crippen LogP contribution >= 0.6 is 15.9 Å². The molecular weight excluding hydrogens is 306 g/mol. The number of anilines is 1. The van der Waals surface area contributed by atoms with E-state index in [1.807, 2.05) is 0 Å². The van der Waals surface area contributed by atoms with Gasteiger partial charge in [-0.2, -0.15) is 0 Å². The summed E-state index contributed by atoms with van der Waals surface area (Å²) in [7, 11) is 0. The second-order valence-corrected chi connectivity index (χ2v) is 4.35. The van der Waals surface area contributed by atoms with Crippen molar-refractivity contribution in [1.82, 2.24) is 4.98 Å². The van der Waals surface area contributed by atoms with Crippen LogP contribution in [0.3, 0.4) is 0 Å². The van der Waals surface area contributed by atoms with Crippen LogP contribution in [0.2, 0.25) is 0 Å². The molecule has 0 aliphatic rings. The molecule has 0 saturated heterocycles.